The molecular formula is C16H14ClN3O2. The van der Waals surface area contributed by atoms with Crippen LogP contribution in [0.5, 0.6) is 0 Å². The van der Waals surface area contributed by atoms with Crippen molar-refractivity contribution in [3.8, 4) is 0 Å². The highest BCUT2D eigenvalue weighted by atomic mass is 35.5. The van der Waals surface area contributed by atoms with Crippen molar-refractivity contribution >= 4 is 34.9 Å². The average molecular weight is 316 g/mol. The van der Waals surface area contributed by atoms with E-state index in [2.05, 4.69) is 16.0 Å². The predicted molar refractivity (Wildman–Crippen MR) is 86.1 cm³/mol. The first-order chi connectivity index (χ1) is 10.6. The molecule has 6 heteroatoms. The molecular weight excluding hydrogens is 302 g/mol. The molecule has 112 valence electrons. The van der Waals surface area contributed by atoms with Crippen LogP contribution in [-0.4, -0.2) is 11.9 Å². The molecule has 1 aliphatic rings. The zero-order valence-corrected chi connectivity index (χ0v) is 12.4. The number of benzene rings is 2. The van der Waals surface area contributed by atoms with Crippen LogP contribution >= 0.6 is 11.6 Å². The molecule has 0 spiro atoms. The van der Waals surface area contributed by atoms with Gasteiger partial charge in [0.05, 0.1) is 6.42 Å². The lowest BCUT2D eigenvalue weighted by atomic mass is 10.1. The molecule has 2 aromatic rings. The zero-order chi connectivity index (χ0) is 15.5. The van der Waals surface area contributed by atoms with Gasteiger partial charge in [0.2, 0.25) is 5.91 Å². The maximum absolute atomic E-state index is 11.8. The van der Waals surface area contributed by atoms with Gasteiger partial charge in [0.15, 0.2) is 0 Å². The summed E-state index contributed by atoms with van der Waals surface area (Å²) in [6, 6.07) is 12.3. The highest BCUT2D eigenvalue weighted by Crippen LogP contribution is 2.23. The Labute approximate surface area is 132 Å². The Balaban J connectivity index is 1.56. The van der Waals surface area contributed by atoms with E-state index in [0.717, 1.165) is 16.8 Å². The molecule has 0 fully saturated rings. The first-order valence-corrected chi connectivity index (χ1v) is 7.20. The van der Waals surface area contributed by atoms with E-state index >= 15 is 0 Å². The quantitative estimate of drug-likeness (QED) is 0.814. The van der Waals surface area contributed by atoms with Gasteiger partial charge in [0.25, 0.3) is 0 Å². The number of fused-ring (bicyclic) bond motifs is 1. The van der Waals surface area contributed by atoms with E-state index < -0.39 is 0 Å². The topological polar surface area (TPSA) is 70.2 Å². The van der Waals surface area contributed by atoms with Crippen LogP contribution in [-0.2, 0) is 17.8 Å². The van der Waals surface area contributed by atoms with Gasteiger partial charge in [-0.1, -0.05) is 23.7 Å². The van der Waals surface area contributed by atoms with Crippen LogP contribution in [0.1, 0.15) is 11.1 Å². The number of carbonyl (C=O) groups excluding carboxylic acids is 2. The fraction of sp³-hybridized carbons (Fsp3) is 0.125. The van der Waals surface area contributed by atoms with Crippen LogP contribution in [0.15, 0.2) is 42.5 Å². The molecule has 0 unspecified atom stereocenters. The summed E-state index contributed by atoms with van der Waals surface area (Å²) in [7, 11) is 0. The third-order valence-electron chi connectivity index (χ3n) is 3.35. The second-order valence-electron chi connectivity index (χ2n) is 5.03. The molecule has 0 saturated heterocycles. The van der Waals surface area contributed by atoms with Crippen molar-refractivity contribution in [1.82, 2.24) is 5.32 Å². The van der Waals surface area contributed by atoms with Gasteiger partial charge in [-0.3, -0.25) is 4.79 Å². The molecule has 1 aliphatic heterocycles. The monoisotopic (exact) mass is 315 g/mol. The summed E-state index contributed by atoms with van der Waals surface area (Å²) in [6.07, 6.45) is 0.389. The number of carbonyl (C=O) groups is 2. The molecule has 0 saturated carbocycles. The van der Waals surface area contributed by atoms with Gasteiger partial charge < -0.3 is 16.0 Å². The minimum atomic E-state index is -0.294. The Morgan fingerprint density at radius 3 is 2.73 bits per heavy atom. The van der Waals surface area contributed by atoms with E-state index in [1.807, 2.05) is 18.2 Å². The summed E-state index contributed by atoms with van der Waals surface area (Å²) in [6.45, 7) is 0.390. The molecule has 0 bridgehead atoms. The molecule has 0 aromatic heterocycles. The van der Waals surface area contributed by atoms with Gasteiger partial charge in [0.1, 0.15) is 0 Å². The molecule has 0 aliphatic carbocycles. The third kappa shape index (κ3) is 3.38. The summed E-state index contributed by atoms with van der Waals surface area (Å²) in [4.78, 5) is 23.1. The smallest absolute Gasteiger partial charge is 0.319 e. The normalized spacial score (nSPS) is 12.5. The summed E-state index contributed by atoms with van der Waals surface area (Å²) in [5.74, 6) is 0.000547. The molecule has 3 amide bonds. The van der Waals surface area contributed by atoms with Crippen molar-refractivity contribution < 1.29 is 9.59 Å². The minimum absolute atomic E-state index is 0.000547. The Bertz CT molecular complexity index is 729. The molecule has 5 nitrogen and oxygen atoms in total. The maximum Gasteiger partial charge on any atom is 0.319 e. The summed E-state index contributed by atoms with van der Waals surface area (Å²) >= 11 is 5.79. The molecule has 1 heterocycles. The minimum Gasteiger partial charge on any atom is -0.334 e. The Kier molecular flexibility index (Phi) is 3.98. The molecule has 2 aromatic carbocycles. The van der Waals surface area contributed by atoms with E-state index in [0.29, 0.717) is 23.7 Å². The van der Waals surface area contributed by atoms with Gasteiger partial charge in [-0.15, -0.1) is 0 Å². The van der Waals surface area contributed by atoms with Crippen LogP contribution in [0.2, 0.25) is 5.02 Å². The standard InChI is InChI=1S/C16H14ClN3O2/c17-12-2-4-13(5-3-12)19-16(22)18-9-10-1-6-14-11(7-10)8-15(21)20-14/h1-7H,8-9H2,(H,20,21)(H2,18,19,22). The third-order valence-corrected chi connectivity index (χ3v) is 3.60. The van der Waals surface area contributed by atoms with E-state index in [4.69, 9.17) is 11.6 Å². The van der Waals surface area contributed by atoms with Crippen LogP contribution in [0.3, 0.4) is 0 Å². The lowest BCUT2D eigenvalue weighted by molar-refractivity contribution is -0.115. The van der Waals surface area contributed by atoms with E-state index in [9.17, 15) is 9.59 Å². The molecule has 3 rings (SSSR count). The number of urea groups is 1. The lowest BCUT2D eigenvalue weighted by Gasteiger charge is -2.09. The predicted octanol–water partition coefficient (Wildman–Crippen LogP) is 3.16. The number of amides is 3. The Morgan fingerprint density at radius 1 is 1.18 bits per heavy atom. The van der Waals surface area contributed by atoms with Crippen molar-refractivity contribution in [2.24, 2.45) is 0 Å². The van der Waals surface area contributed by atoms with Crippen molar-refractivity contribution in [3.05, 3.63) is 58.6 Å². The number of nitrogens with one attached hydrogen (secondary N) is 3. The number of hydrogen-bond donors (Lipinski definition) is 3. The Morgan fingerprint density at radius 2 is 1.95 bits per heavy atom. The molecule has 0 radical (unpaired) electrons. The number of halogens is 1. The van der Waals surface area contributed by atoms with Crippen molar-refractivity contribution in [2.45, 2.75) is 13.0 Å². The zero-order valence-electron chi connectivity index (χ0n) is 11.7. The summed E-state index contributed by atoms with van der Waals surface area (Å²) in [5, 5.41) is 8.89. The summed E-state index contributed by atoms with van der Waals surface area (Å²) < 4.78 is 0. The molecule has 3 N–H and O–H groups in total. The van der Waals surface area contributed by atoms with Crippen LogP contribution in [0.25, 0.3) is 0 Å². The van der Waals surface area contributed by atoms with Gasteiger partial charge >= 0.3 is 6.03 Å². The number of anilines is 2. The number of hydrogen-bond acceptors (Lipinski definition) is 2. The second kappa shape index (κ2) is 6.07. The summed E-state index contributed by atoms with van der Waals surface area (Å²) in [5.41, 5.74) is 3.42. The number of rotatable bonds is 3. The average Bonchev–Trinajstić information content (AvgIpc) is 2.87. The van der Waals surface area contributed by atoms with Gasteiger partial charge in [-0.25, -0.2) is 4.79 Å². The first kappa shape index (κ1) is 14.4. The van der Waals surface area contributed by atoms with Gasteiger partial charge in [-0.05, 0) is 41.5 Å². The molecule has 22 heavy (non-hydrogen) atoms. The van der Waals surface area contributed by atoms with Crippen LogP contribution in [0.4, 0.5) is 16.2 Å². The SMILES string of the molecule is O=C1Cc2cc(CNC(=O)Nc3ccc(Cl)cc3)ccc2N1. The fourth-order valence-electron chi connectivity index (χ4n) is 2.28. The largest absolute Gasteiger partial charge is 0.334 e. The Hall–Kier alpha value is -2.53. The van der Waals surface area contributed by atoms with Crippen molar-refractivity contribution in [3.63, 3.8) is 0 Å². The van der Waals surface area contributed by atoms with E-state index in [1.54, 1.807) is 24.3 Å². The van der Waals surface area contributed by atoms with Crippen molar-refractivity contribution in [2.75, 3.05) is 10.6 Å². The lowest BCUT2D eigenvalue weighted by Crippen LogP contribution is -2.28. The second-order valence-corrected chi connectivity index (χ2v) is 5.47. The van der Waals surface area contributed by atoms with Gasteiger partial charge in [-0.2, -0.15) is 0 Å². The maximum atomic E-state index is 11.8. The molecule has 0 atom stereocenters. The highest BCUT2D eigenvalue weighted by Gasteiger charge is 2.17. The van der Waals surface area contributed by atoms with Crippen LogP contribution in [0, 0.1) is 0 Å². The van der Waals surface area contributed by atoms with Crippen molar-refractivity contribution in [1.29, 1.82) is 0 Å². The highest BCUT2D eigenvalue weighted by molar-refractivity contribution is 6.30. The van der Waals surface area contributed by atoms with Crippen LogP contribution < -0.4 is 16.0 Å². The van der Waals surface area contributed by atoms with Gasteiger partial charge in [0, 0.05) is 22.9 Å². The fourth-order valence-corrected chi connectivity index (χ4v) is 2.41. The van der Waals surface area contributed by atoms with E-state index in [-0.39, 0.29) is 11.9 Å². The first-order valence-electron chi connectivity index (χ1n) is 6.82. The van der Waals surface area contributed by atoms with E-state index in [1.165, 1.54) is 0 Å².